The first kappa shape index (κ1) is 20.6. The van der Waals surface area contributed by atoms with E-state index in [4.69, 9.17) is 14.2 Å². The summed E-state index contributed by atoms with van der Waals surface area (Å²) in [5.41, 5.74) is 1.93. The van der Waals surface area contributed by atoms with Gasteiger partial charge in [0.05, 0.1) is 20.8 Å². The van der Waals surface area contributed by atoms with Crippen molar-refractivity contribution >= 4 is 17.3 Å². The van der Waals surface area contributed by atoms with Crippen molar-refractivity contribution < 1.29 is 28.2 Å². The van der Waals surface area contributed by atoms with Gasteiger partial charge < -0.3 is 14.2 Å². The average molecular weight is 398 g/mol. The van der Waals surface area contributed by atoms with Gasteiger partial charge in [-0.15, -0.1) is 0 Å². The summed E-state index contributed by atoms with van der Waals surface area (Å²) in [5.74, 6) is -1.76. The number of halogens is 1. The van der Waals surface area contributed by atoms with Crippen molar-refractivity contribution in [3.63, 3.8) is 0 Å². The zero-order valence-corrected chi connectivity index (χ0v) is 16.6. The molecule has 0 spiro atoms. The number of methoxy groups -OCH3 is 2. The molecule has 0 heterocycles. The number of carbonyl (C=O) groups is 2. The lowest BCUT2D eigenvalue weighted by molar-refractivity contribution is -0.151. The van der Waals surface area contributed by atoms with Crippen molar-refractivity contribution in [3.05, 3.63) is 65.5 Å². The van der Waals surface area contributed by atoms with Gasteiger partial charge in [-0.2, -0.15) is 0 Å². The molecule has 0 amide bonds. The van der Waals surface area contributed by atoms with Gasteiger partial charge >= 0.3 is 5.97 Å². The first-order valence-electron chi connectivity index (χ1n) is 9.37. The first-order chi connectivity index (χ1) is 14.0. The van der Waals surface area contributed by atoms with Crippen LogP contribution in [0.2, 0.25) is 0 Å². The van der Waals surface area contributed by atoms with E-state index in [-0.39, 0.29) is 18.2 Å². The van der Waals surface area contributed by atoms with Gasteiger partial charge in [0.2, 0.25) is 0 Å². The SMILES string of the molecule is CCOC(=O)[C@@H]1C(=O)C=C(c2cccc(F)c2)C[C@@H]1c1cc(OC)ccc1OC. The Morgan fingerprint density at radius 3 is 2.59 bits per heavy atom. The van der Waals surface area contributed by atoms with Crippen LogP contribution in [0.25, 0.3) is 5.57 Å². The van der Waals surface area contributed by atoms with Gasteiger partial charge in [-0.3, -0.25) is 9.59 Å². The van der Waals surface area contributed by atoms with Crippen LogP contribution in [0, 0.1) is 11.7 Å². The van der Waals surface area contributed by atoms with Gasteiger partial charge in [-0.1, -0.05) is 12.1 Å². The smallest absolute Gasteiger partial charge is 0.317 e. The molecule has 29 heavy (non-hydrogen) atoms. The number of benzene rings is 2. The Hall–Kier alpha value is -3.15. The Balaban J connectivity index is 2.12. The summed E-state index contributed by atoms with van der Waals surface area (Å²) in [6.45, 7) is 1.87. The number of carbonyl (C=O) groups excluding carboxylic acids is 2. The minimum atomic E-state index is -1.01. The van der Waals surface area contributed by atoms with Gasteiger partial charge in [0, 0.05) is 11.5 Å². The summed E-state index contributed by atoms with van der Waals surface area (Å²) < 4.78 is 29.7. The second-order valence-electron chi connectivity index (χ2n) is 6.73. The second-order valence-corrected chi connectivity index (χ2v) is 6.73. The third-order valence-corrected chi connectivity index (χ3v) is 5.04. The van der Waals surface area contributed by atoms with Crippen molar-refractivity contribution in [3.8, 4) is 11.5 Å². The molecule has 6 heteroatoms. The van der Waals surface area contributed by atoms with Crippen LogP contribution < -0.4 is 9.47 Å². The number of ketones is 1. The Kier molecular flexibility index (Phi) is 6.32. The van der Waals surface area contributed by atoms with Gasteiger partial charge in [-0.25, -0.2) is 4.39 Å². The van der Waals surface area contributed by atoms with Crippen LogP contribution in [0.5, 0.6) is 11.5 Å². The lowest BCUT2D eigenvalue weighted by Gasteiger charge is -2.30. The van der Waals surface area contributed by atoms with Crippen LogP contribution in [0.3, 0.4) is 0 Å². The lowest BCUT2D eigenvalue weighted by atomic mass is 9.73. The minimum absolute atomic E-state index is 0.172. The maximum atomic E-state index is 13.7. The van der Waals surface area contributed by atoms with E-state index in [0.29, 0.717) is 34.6 Å². The van der Waals surface area contributed by atoms with E-state index in [1.54, 1.807) is 44.4 Å². The van der Waals surface area contributed by atoms with Crippen molar-refractivity contribution in [2.75, 3.05) is 20.8 Å². The highest BCUT2D eigenvalue weighted by atomic mass is 19.1. The fraction of sp³-hybridized carbons (Fsp3) is 0.304. The average Bonchev–Trinajstić information content (AvgIpc) is 2.72. The first-order valence-corrected chi connectivity index (χ1v) is 9.37. The number of rotatable bonds is 6. The fourth-order valence-corrected chi connectivity index (χ4v) is 3.69. The molecule has 0 radical (unpaired) electrons. The predicted molar refractivity (Wildman–Crippen MR) is 106 cm³/mol. The summed E-state index contributed by atoms with van der Waals surface area (Å²) in [5, 5.41) is 0. The number of hydrogen-bond acceptors (Lipinski definition) is 5. The fourth-order valence-electron chi connectivity index (χ4n) is 3.69. The van der Waals surface area contributed by atoms with Gasteiger partial charge in [-0.05, 0) is 60.9 Å². The summed E-state index contributed by atoms with van der Waals surface area (Å²) in [6, 6.07) is 11.3. The minimum Gasteiger partial charge on any atom is -0.497 e. The highest BCUT2D eigenvalue weighted by Gasteiger charge is 2.41. The second kappa shape index (κ2) is 8.90. The summed E-state index contributed by atoms with van der Waals surface area (Å²) in [4.78, 5) is 25.6. The molecule has 3 rings (SSSR count). The molecule has 152 valence electrons. The molecule has 1 aliphatic carbocycles. The van der Waals surface area contributed by atoms with E-state index in [0.717, 1.165) is 0 Å². The summed E-state index contributed by atoms with van der Waals surface area (Å²) in [6.07, 6.45) is 1.77. The highest BCUT2D eigenvalue weighted by molar-refractivity contribution is 6.10. The van der Waals surface area contributed by atoms with Gasteiger partial charge in [0.15, 0.2) is 5.78 Å². The molecule has 0 fully saturated rings. The Morgan fingerprint density at radius 1 is 1.14 bits per heavy atom. The third kappa shape index (κ3) is 4.31. The van der Waals surface area contributed by atoms with E-state index >= 15 is 0 Å². The van der Waals surface area contributed by atoms with Crippen molar-refractivity contribution in [2.24, 2.45) is 5.92 Å². The summed E-state index contributed by atoms with van der Waals surface area (Å²) >= 11 is 0. The van der Waals surface area contributed by atoms with E-state index in [1.807, 2.05) is 0 Å². The van der Waals surface area contributed by atoms with Crippen molar-refractivity contribution in [2.45, 2.75) is 19.3 Å². The number of ether oxygens (including phenoxy) is 3. The zero-order valence-electron chi connectivity index (χ0n) is 16.6. The molecule has 2 aromatic rings. The molecule has 0 saturated carbocycles. The van der Waals surface area contributed by atoms with E-state index in [9.17, 15) is 14.0 Å². The van der Waals surface area contributed by atoms with Crippen molar-refractivity contribution in [1.82, 2.24) is 0 Å². The maximum absolute atomic E-state index is 13.7. The van der Waals surface area contributed by atoms with E-state index in [1.165, 1.54) is 25.3 Å². The van der Waals surface area contributed by atoms with Gasteiger partial charge in [0.1, 0.15) is 23.2 Å². The van der Waals surface area contributed by atoms with Gasteiger partial charge in [0.25, 0.3) is 0 Å². The molecule has 5 nitrogen and oxygen atoms in total. The van der Waals surface area contributed by atoms with Crippen LogP contribution in [-0.4, -0.2) is 32.6 Å². The molecular formula is C23H23FO5. The van der Waals surface area contributed by atoms with E-state index in [2.05, 4.69) is 0 Å². The molecule has 0 unspecified atom stereocenters. The highest BCUT2D eigenvalue weighted by Crippen LogP contribution is 2.44. The van der Waals surface area contributed by atoms with Crippen LogP contribution in [0.4, 0.5) is 4.39 Å². The number of hydrogen-bond donors (Lipinski definition) is 0. The molecule has 0 bridgehead atoms. The standard InChI is InChI=1S/C23H23FO5/c1-4-29-23(26)22-19(18-13-17(27-2)8-9-21(18)28-3)11-15(12-20(22)25)14-6-5-7-16(24)10-14/h5-10,12-13,19,22H,4,11H2,1-3H3/t19-,22+/m1/s1. The molecule has 1 aliphatic rings. The molecular weight excluding hydrogens is 375 g/mol. The summed E-state index contributed by atoms with van der Waals surface area (Å²) in [7, 11) is 3.07. The zero-order chi connectivity index (χ0) is 21.0. The van der Waals surface area contributed by atoms with Crippen LogP contribution >= 0.6 is 0 Å². The normalized spacial score (nSPS) is 18.8. The molecule has 2 aromatic carbocycles. The maximum Gasteiger partial charge on any atom is 0.317 e. The number of esters is 1. The monoisotopic (exact) mass is 398 g/mol. The van der Waals surface area contributed by atoms with Crippen molar-refractivity contribution in [1.29, 1.82) is 0 Å². The van der Waals surface area contributed by atoms with Crippen LogP contribution in [0.1, 0.15) is 30.4 Å². The predicted octanol–water partition coefficient (Wildman–Crippen LogP) is 4.16. The largest absolute Gasteiger partial charge is 0.497 e. The molecule has 0 N–H and O–H groups in total. The topological polar surface area (TPSA) is 61.8 Å². The Bertz CT molecular complexity index is 950. The lowest BCUT2D eigenvalue weighted by Crippen LogP contribution is -2.34. The van der Waals surface area contributed by atoms with E-state index < -0.39 is 17.8 Å². The quantitative estimate of drug-likeness (QED) is 0.540. The molecule has 0 saturated heterocycles. The number of allylic oxidation sites excluding steroid dienone is 2. The molecule has 2 atom stereocenters. The van der Waals surface area contributed by atoms with Crippen LogP contribution in [0.15, 0.2) is 48.5 Å². The molecule has 0 aliphatic heterocycles. The third-order valence-electron chi connectivity index (χ3n) is 5.04. The Labute approximate surface area is 169 Å². The van der Waals surface area contributed by atoms with Crippen LogP contribution in [-0.2, 0) is 14.3 Å². The Morgan fingerprint density at radius 2 is 1.93 bits per heavy atom. The molecule has 0 aromatic heterocycles.